The maximum atomic E-state index is 6.17. The number of unbranched alkanes of at least 4 members (excludes halogenated alkanes) is 1. The minimum absolute atomic E-state index is 0.495. The van der Waals surface area contributed by atoms with Crippen LogP contribution in [0.15, 0.2) is 30.5 Å². The Labute approximate surface area is 195 Å². The standard InChI is InChI=1S/C28H42N2O2/c1-5-22(12-9-10-15-30-16-18-31-19-17-30)25-21-29-26(20-27(25)32-8-4)28-23(6-2)13-11-14-24(28)7-3/h11,13-14,20-22H,5-10,12,15-19H2,1-4H3. The van der Waals surface area contributed by atoms with Crippen molar-refractivity contribution in [2.75, 3.05) is 39.5 Å². The Morgan fingerprint density at radius 3 is 2.38 bits per heavy atom. The summed E-state index contributed by atoms with van der Waals surface area (Å²) in [7, 11) is 0. The fourth-order valence-corrected chi connectivity index (χ4v) is 4.87. The van der Waals surface area contributed by atoms with Gasteiger partial charge in [0.15, 0.2) is 0 Å². The first-order valence-electron chi connectivity index (χ1n) is 12.8. The minimum atomic E-state index is 0.495. The third-order valence-corrected chi connectivity index (χ3v) is 6.76. The van der Waals surface area contributed by atoms with E-state index in [9.17, 15) is 0 Å². The number of hydrogen-bond acceptors (Lipinski definition) is 4. The van der Waals surface area contributed by atoms with E-state index in [1.165, 1.54) is 48.1 Å². The molecule has 1 atom stereocenters. The zero-order valence-corrected chi connectivity index (χ0v) is 20.7. The molecule has 4 nitrogen and oxygen atoms in total. The maximum Gasteiger partial charge on any atom is 0.126 e. The van der Waals surface area contributed by atoms with Gasteiger partial charge in [0.2, 0.25) is 0 Å². The first-order valence-corrected chi connectivity index (χ1v) is 12.8. The molecular formula is C28H42N2O2. The summed E-state index contributed by atoms with van der Waals surface area (Å²) in [5.41, 5.74) is 6.35. The van der Waals surface area contributed by atoms with E-state index in [0.717, 1.165) is 57.0 Å². The van der Waals surface area contributed by atoms with Crippen LogP contribution in [0.2, 0.25) is 0 Å². The summed E-state index contributed by atoms with van der Waals surface area (Å²) in [6, 6.07) is 8.83. The Kier molecular flexibility index (Phi) is 10.0. The third-order valence-electron chi connectivity index (χ3n) is 6.76. The SMILES string of the molecule is CCOc1cc(-c2c(CC)cccc2CC)ncc1C(CC)CCCCN1CCOCC1. The van der Waals surface area contributed by atoms with Gasteiger partial charge in [-0.2, -0.15) is 0 Å². The number of aromatic nitrogens is 1. The molecule has 0 aliphatic carbocycles. The van der Waals surface area contributed by atoms with E-state index in [2.05, 4.69) is 63.1 Å². The van der Waals surface area contributed by atoms with Crippen molar-refractivity contribution in [3.8, 4) is 17.0 Å². The number of rotatable bonds is 12. The van der Waals surface area contributed by atoms with Gasteiger partial charge < -0.3 is 9.47 Å². The number of ether oxygens (including phenoxy) is 2. The Hall–Kier alpha value is -1.91. The van der Waals surface area contributed by atoms with Crippen LogP contribution in [0.1, 0.15) is 76.0 Å². The highest BCUT2D eigenvalue weighted by Gasteiger charge is 2.19. The average molecular weight is 439 g/mol. The number of aryl methyl sites for hydroxylation is 2. The number of nitrogens with zero attached hydrogens (tertiary/aromatic N) is 2. The molecule has 2 aromatic rings. The van der Waals surface area contributed by atoms with Crippen LogP contribution in [0.5, 0.6) is 5.75 Å². The average Bonchev–Trinajstić information content (AvgIpc) is 2.84. The summed E-state index contributed by atoms with van der Waals surface area (Å²) < 4.78 is 11.6. The quantitative estimate of drug-likeness (QED) is 0.366. The zero-order valence-electron chi connectivity index (χ0n) is 20.7. The lowest BCUT2D eigenvalue weighted by atomic mass is 9.90. The molecule has 1 aliphatic rings. The number of pyridine rings is 1. The molecule has 1 aliphatic heterocycles. The summed E-state index contributed by atoms with van der Waals surface area (Å²) in [5.74, 6) is 1.51. The number of hydrogen-bond donors (Lipinski definition) is 0. The first-order chi connectivity index (χ1) is 15.7. The molecule has 1 fully saturated rings. The van der Waals surface area contributed by atoms with E-state index in [4.69, 9.17) is 14.5 Å². The monoisotopic (exact) mass is 438 g/mol. The molecule has 0 N–H and O–H groups in total. The molecule has 0 radical (unpaired) electrons. The van der Waals surface area contributed by atoms with Gasteiger partial charge in [-0.05, 0) is 62.6 Å². The molecule has 4 heteroatoms. The van der Waals surface area contributed by atoms with E-state index in [1.807, 2.05) is 0 Å². The number of morpholine rings is 1. The van der Waals surface area contributed by atoms with Crippen molar-refractivity contribution in [1.82, 2.24) is 9.88 Å². The van der Waals surface area contributed by atoms with Crippen LogP contribution in [0.3, 0.4) is 0 Å². The third kappa shape index (κ3) is 6.32. The molecule has 176 valence electrons. The predicted octanol–water partition coefficient (Wildman–Crippen LogP) is 6.27. The molecule has 0 saturated carbocycles. The fourth-order valence-electron chi connectivity index (χ4n) is 4.87. The second kappa shape index (κ2) is 13.0. The minimum Gasteiger partial charge on any atom is -0.493 e. The van der Waals surface area contributed by atoms with Gasteiger partial charge in [0, 0.05) is 36.5 Å². The van der Waals surface area contributed by atoms with Crippen LogP contribution in [0, 0.1) is 0 Å². The topological polar surface area (TPSA) is 34.6 Å². The molecule has 2 heterocycles. The van der Waals surface area contributed by atoms with Crippen molar-refractivity contribution in [2.24, 2.45) is 0 Å². The molecular weight excluding hydrogens is 396 g/mol. The van der Waals surface area contributed by atoms with Crippen LogP contribution < -0.4 is 4.74 Å². The van der Waals surface area contributed by atoms with E-state index < -0.39 is 0 Å². The Bertz CT molecular complexity index is 808. The summed E-state index contributed by atoms with van der Waals surface area (Å²) in [5, 5.41) is 0. The molecule has 0 bridgehead atoms. The normalized spacial score (nSPS) is 15.6. The van der Waals surface area contributed by atoms with Crippen molar-refractivity contribution >= 4 is 0 Å². The maximum absolute atomic E-state index is 6.17. The van der Waals surface area contributed by atoms with Gasteiger partial charge >= 0.3 is 0 Å². The molecule has 1 aromatic heterocycles. The highest BCUT2D eigenvalue weighted by Crippen LogP contribution is 2.36. The summed E-state index contributed by atoms with van der Waals surface area (Å²) >= 11 is 0. The van der Waals surface area contributed by atoms with Crippen LogP contribution in [-0.2, 0) is 17.6 Å². The van der Waals surface area contributed by atoms with Crippen LogP contribution in [0.25, 0.3) is 11.3 Å². The number of benzene rings is 1. The highest BCUT2D eigenvalue weighted by atomic mass is 16.5. The van der Waals surface area contributed by atoms with Gasteiger partial charge in [-0.1, -0.05) is 45.4 Å². The summed E-state index contributed by atoms with van der Waals surface area (Å²) in [6.07, 6.45) is 8.91. The predicted molar refractivity (Wildman–Crippen MR) is 134 cm³/mol. The largest absolute Gasteiger partial charge is 0.493 e. The van der Waals surface area contributed by atoms with E-state index in [0.29, 0.717) is 12.5 Å². The zero-order chi connectivity index (χ0) is 22.8. The van der Waals surface area contributed by atoms with E-state index in [-0.39, 0.29) is 0 Å². The van der Waals surface area contributed by atoms with Gasteiger partial charge in [0.25, 0.3) is 0 Å². The molecule has 0 amide bonds. The summed E-state index contributed by atoms with van der Waals surface area (Å²) in [6.45, 7) is 14.6. The van der Waals surface area contributed by atoms with E-state index in [1.54, 1.807) is 0 Å². The Balaban J connectivity index is 1.76. The van der Waals surface area contributed by atoms with Gasteiger partial charge in [0.05, 0.1) is 25.5 Å². The molecule has 0 spiro atoms. The molecule has 1 unspecified atom stereocenters. The lowest BCUT2D eigenvalue weighted by molar-refractivity contribution is 0.0371. The van der Waals surface area contributed by atoms with Crippen LogP contribution >= 0.6 is 0 Å². The molecule has 1 saturated heterocycles. The van der Waals surface area contributed by atoms with Gasteiger partial charge in [-0.15, -0.1) is 0 Å². The van der Waals surface area contributed by atoms with Crippen LogP contribution in [-0.4, -0.2) is 49.3 Å². The lowest BCUT2D eigenvalue weighted by Gasteiger charge is -2.26. The molecule has 32 heavy (non-hydrogen) atoms. The van der Waals surface area contributed by atoms with Gasteiger partial charge in [0.1, 0.15) is 5.75 Å². The Morgan fingerprint density at radius 2 is 1.75 bits per heavy atom. The van der Waals surface area contributed by atoms with Crippen LogP contribution in [0.4, 0.5) is 0 Å². The van der Waals surface area contributed by atoms with Crippen molar-refractivity contribution in [1.29, 1.82) is 0 Å². The Morgan fingerprint density at radius 1 is 1.03 bits per heavy atom. The smallest absolute Gasteiger partial charge is 0.126 e. The second-order valence-electron chi connectivity index (χ2n) is 8.75. The molecule has 3 rings (SSSR count). The fraction of sp³-hybridized carbons (Fsp3) is 0.607. The molecule has 1 aromatic carbocycles. The first kappa shape index (κ1) is 24.7. The van der Waals surface area contributed by atoms with E-state index >= 15 is 0 Å². The lowest BCUT2D eigenvalue weighted by Crippen LogP contribution is -2.36. The van der Waals surface area contributed by atoms with Crippen molar-refractivity contribution in [2.45, 2.75) is 72.1 Å². The highest BCUT2D eigenvalue weighted by molar-refractivity contribution is 5.69. The second-order valence-corrected chi connectivity index (χ2v) is 8.75. The van der Waals surface area contributed by atoms with Gasteiger partial charge in [-0.3, -0.25) is 9.88 Å². The van der Waals surface area contributed by atoms with Gasteiger partial charge in [-0.25, -0.2) is 0 Å². The van der Waals surface area contributed by atoms with Crippen molar-refractivity contribution < 1.29 is 9.47 Å². The van der Waals surface area contributed by atoms with Crippen molar-refractivity contribution in [3.05, 3.63) is 47.2 Å². The summed E-state index contributed by atoms with van der Waals surface area (Å²) in [4.78, 5) is 7.51. The van der Waals surface area contributed by atoms with Crippen molar-refractivity contribution in [3.63, 3.8) is 0 Å².